The molecule has 1 saturated carbocycles. The number of tetrazole rings is 1. The lowest BCUT2D eigenvalue weighted by molar-refractivity contribution is -0.123. The van der Waals surface area contributed by atoms with Crippen molar-refractivity contribution in [1.29, 1.82) is 0 Å². The Balaban J connectivity index is 1.19. The van der Waals surface area contributed by atoms with Crippen LogP contribution in [0.2, 0.25) is 0 Å². The van der Waals surface area contributed by atoms with Crippen molar-refractivity contribution in [3.63, 3.8) is 0 Å². The van der Waals surface area contributed by atoms with Crippen LogP contribution in [0.5, 0.6) is 0 Å². The summed E-state index contributed by atoms with van der Waals surface area (Å²) in [6.07, 6.45) is 3.60. The van der Waals surface area contributed by atoms with Crippen LogP contribution in [-0.2, 0) is 4.79 Å². The maximum Gasteiger partial charge on any atom is 0.364 e. The van der Waals surface area contributed by atoms with Crippen molar-refractivity contribution in [2.24, 2.45) is 0 Å². The third-order valence-corrected chi connectivity index (χ3v) is 6.36. The first-order valence-electron chi connectivity index (χ1n) is 11.3. The zero-order valence-electron chi connectivity index (χ0n) is 18.0. The van der Waals surface area contributed by atoms with Gasteiger partial charge in [0.15, 0.2) is 0 Å². The SMILES string of the molecule is O=C(CN1CCC(n2nnn(C3CC3)c2=O)CC1)NC(c1ccccc1)c1ccccc1. The molecule has 1 saturated heterocycles. The lowest BCUT2D eigenvalue weighted by Gasteiger charge is -2.31. The van der Waals surface area contributed by atoms with Gasteiger partial charge in [-0.1, -0.05) is 60.7 Å². The van der Waals surface area contributed by atoms with Crippen LogP contribution >= 0.6 is 0 Å². The third kappa shape index (κ3) is 4.50. The molecule has 32 heavy (non-hydrogen) atoms. The van der Waals surface area contributed by atoms with E-state index in [1.165, 1.54) is 9.36 Å². The van der Waals surface area contributed by atoms with E-state index in [9.17, 15) is 9.59 Å². The lowest BCUT2D eigenvalue weighted by Crippen LogP contribution is -2.44. The van der Waals surface area contributed by atoms with Crippen molar-refractivity contribution in [2.75, 3.05) is 19.6 Å². The van der Waals surface area contributed by atoms with Gasteiger partial charge in [-0.3, -0.25) is 9.69 Å². The van der Waals surface area contributed by atoms with Crippen LogP contribution in [0.3, 0.4) is 0 Å². The maximum atomic E-state index is 12.9. The van der Waals surface area contributed by atoms with E-state index in [1.807, 2.05) is 60.7 Å². The molecule has 0 bridgehead atoms. The van der Waals surface area contributed by atoms with Gasteiger partial charge in [-0.05, 0) is 47.2 Å². The third-order valence-electron chi connectivity index (χ3n) is 6.36. The van der Waals surface area contributed by atoms with Crippen LogP contribution < -0.4 is 11.0 Å². The van der Waals surface area contributed by atoms with Gasteiger partial charge in [-0.2, -0.15) is 9.36 Å². The highest BCUT2D eigenvalue weighted by Gasteiger charge is 2.31. The fourth-order valence-electron chi connectivity index (χ4n) is 4.43. The van der Waals surface area contributed by atoms with Gasteiger partial charge in [0, 0.05) is 13.1 Å². The summed E-state index contributed by atoms with van der Waals surface area (Å²) in [5, 5.41) is 11.4. The van der Waals surface area contributed by atoms with Crippen molar-refractivity contribution in [3.8, 4) is 0 Å². The molecule has 1 aliphatic carbocycles. The summed E-state index contributed by atoms with van der Waals surface area (Å²) in [7, 11) is 0. The maximum absolute atomic E-state index is 12.9. The molecule has 2 aromatic carbocycles. The summed E-state index contributed by atoms with van der Waals surface area (Å²) >= 11 is 0. The van der Waals surface area contributed by atoms with E-state index in [0.717, 1.165) is 49.9 Å². The highest BCUT2D eigenvalue weighted by Crippen LogP contribution is 2.32. The average molecular weight is 433 g/mol. The van der Waals surface area contributed by atoms with Crippen LogP contribution in [0.4, 0.5) is 0 Å². The van der Waals surface area contributed by atoms with E-state index >= 15 is 0 Å². The lowest BCUT2D eigenvalue weighted by atomic mass is 9.98. The number of nitrogens with one attached hydrogen (secondary N) is 1. The molecule has 0 spiro atoms. The van der Waals surface area contributed by atoms with Crippen LogP contribution in [-0.4, -0.2) is 50.2 Å². The molecular formula is C24H28N6O2. The average Bonchev–Trinajstić information content (AvgIpc) is 3.61. The Bertz CT molecular complexity index is 1060. The van der Waals surface area contributed by atoms with E-state index < -0.39 is 0 Å². The second-order valence-electron chi connectivity index (χ2n) is 8.71. The molecule has 0 unspecified atom stereocenters. The molecule has 1 aliphatic heterocycles. The molecule has 1 N–H and O–H groups in total. The predicted molar refractivity (Wildman–Crippen MR) is 120 cm³/mol. The van der Waals surface area contributed by atoms with Crippen molar-refractivity contribution in [2.45, 2.75) is 43.8 Å². The Morgan fingerprint density at radius 1 is 0.844 bits per heavy atom. The summed E-state index contributed by atoms with van der Waals surface area (Å²) in [6.45, 7) is 1.84. The number of likely N-dealkylation sites (tertiary alicyclic amines) is 1. The molecule has 1 amide bonds. The first-order chi connectivity index (χ1) is 15.7. The van der Waals surface area contributed by atoms with Crippen molar-refractivity contribution < 1.29 is 4.79 Å². The van der Waals surface area contributed by atoms with Crippen molar-refractivity contribution in [3.05, 3.63) is 82.3 Å². The number of benzene rings is 2. The standard InChI is InChI=1S/C24H28N6O2/c31-22(25-23(18-7-3-1-4-8-18)19-9-5-2-6-10-19)17-28-15-13-21(14-16-28)30-24(32)29(26-27-30)20-11-12-20/h1-10,20-21,23H,11-17H2,(H,25,31). The number of nitrogens with zero attached hydrogens (tertiary/aromatic N) is 5. The van der Waals surface area contributed by atoms with Gasteiger partial charge in [0.05, 0.1) is 24.7 Å². The van der Waals surface area contributed by atoms with E-state index in [-0.39, 0.29) is 29.7 Å². The Morgan fingerprint density at radius 3 is 1.84 bits per heavy atom. The topological polar surface area (TPSA) is 85.1 Å². The Morgan fingerprint density at radius 2 is 1.34 bits per heavy atom. The number of carbonyl (C=O) groups excluding carboxylic acids is 1. The van der Waals surface area contributed by atoms with Crippen LogP contribution in [0.1, 0.15) is 54.9 Å². The quantitative estimate of drug-likeness (QED) is 0.619. The first kappa shape index (κ1) is 20.6. The number of aromatic nitrogens is 4. The van der Waals surface area contributed by atoms with Crippen LogP contribution in [0, 0.1) is 0 Å². The minimum atomic E-state index is -0.182. The molecule has 5 rings (SSSR count). The largest absolute Gasteiger partial charge is 0.364 e. The number of rotatable bonds is 7. The van der Waals surface area contributed by atoms with E-state index in [2.05, 4.69) is 20.6 Å². The number of hydrogen-bond donors (Lipinski definition) is 1. The molecule has 2 heterocycles. The van der Waals surface area contributed by atoms with Gasteiger partial charge < -0.3 is 5.32 Å². The minimum absolute atomic E-state index is 0.00185. The highest BCUT2D eigenvalue weighted by atomic mass is 16.2. The zero-order valence-corrected chi connectivity index (χ0v) is 18.0. The Kier molecular flexibility index (Phi) is 5.85. The second-order valence-corrected chi connectivity index (χ2v) is 8.71. The first-order valence-corrected chi connectivity index (χ1v) is 11.3. The molecule has 3 aromatic rings. The van der Waals surface area contributed by atoms with E-state index in [0.29, 0.717) is 6.54 Å². The zero-order chi connectivity index (χ0) is 21.9. The fourth-order valence-corrected chi connectivity index (χ4v) is 4.43. The smallest absolute Gasteiger partial charge is 0.344 e. The van der Waals surface area contributed by atoms with Gasteiger partial charge in [0.25, 0.3) is 0 Å². The number of amides is 1. The van der Waals surface area contributed by atoms with Crippen LogP contribution in [0.25, 0.3) is 0 Å². The van der Waals surface area contributed by atoms with Gasteiger partial charge >= 0.3 is 5.69 Å². The summed E-state index contributed by atoms with van der Waals surface area (Å²) in [4.78, 5) is 27.6. The highest BCUT2D eigenvalue weighted by molar-refractivity contribution is 5.79. The number of piperidine rings is 1. The van der Waals surface area contributed by atoms with Crippen LogP contribution in [0.15, 0.2) is 65.5 Å². The predicted octanol–water partition coefficient (Wildman–Crippen LogP) is 2.32. The summed E-state index contributed by atoms with van der Waals surface area (Å²) in [6, 6.07) is 20.2. The molecule has 166 valence electrons. The van der Waals surface area contributed by atoms with Gasteiger partial charge in [0.1, 0.15) is 0 Å². The molecule has 0 radical (unpaired) electrons. The second kappa shape index (κ2) is 9.08. The van der Waals surface area contributed by atoms with E-state index in [4.69, 9.17) is 0 Å². The molecule has 2 aliphatic rings. The molecule has 8 nitrogen and oxygen atoms in total. The fraction of sp³-hybridized carbons (Fsp3) is 0.417. The van der Waals surface area contributed by atoms with Gasteiger partial charge in [-0.25, -0.2) is 4.79 Å². The summed E-state index contributed by atoms with van der Waals surface area (Å²) in [5.41, 5.74) is 2.02. The number of carbonyl (C=O) groups is 1. The molecular weight excluding hydrogens is 404 g/mol. The summed E-state index contributed by atoms with van der Waals surface area (Å²) < 4.78 is 3.06. The number of hydrogen-bond acceptors (Lipinski definition) is 5. The minimum Gasteiger partial charge on any atom is -0.344 e. The van der Waals surface area contributed by atoms with Gasteiger partial charge in [-0.15, -0.1) is 0 Å². The molecule has 0 atom stereocenters. The van der Waals surface area contributed by atoms with E-state index in [1.54, 1.807) is 0 Å². The molecule has 8 heteroatoms. The summed E-state index contributed by atoms with van der Waals surface area (Å²) in [5.74, 6) is -0.00185. The molecule has 2 fully saturated rings. The normalized spacial score (nSPS) is 17.5. The molecule has 1 aromatic heterocycles. The Hall–Kier alpha value is -3.26. The van der Waals surface area contributed by atoms with Crippen molar-refractivity contribution in [1.82, 2.24) is 30.0 Å². The van der Waals surface area contributed by atoms with Gasteiger partial charge in [0.2, 0.25) is 5.91 Å². The Labute approximate surface area is 186 Å². The monoisotopic (exact) mass is 432 g/mol. The van der Waals surface area contributed by atoms with Crippen molar-refractivity contribution >= 4 is 5.91 Å².